The number of hydrogen-bond acceptors (Lipinski definition) is 4. The normalized spacial score (nSPS) is 24.2. The standard InChI is InChI=1S/C15H24N2O3S/c1-5-20-14-10-13(15(14,2)3)16-11-6-8-12(9-7-11)17-21(4,18)19/h6-9,13-14,16-17H,5,10H2,1-4H3. The van der Waals surface area contributed by atoms with E-state index in [0.717, 1.165) is 25.0 Å². The number of benzene rings is 1. The van der Waals surface area contributed by atoms with Crippen LogP contribution in [0.4, 0.5) is 11.4 Å². The molecule has 2 rings (SSSR count). The van der Waals surface area contributed by atoms with Crippen molar-refractivity contribution in [2.24, 2.45) is 5.41 Å². The molecular weight excluding hydrogens is 288 g/mol. The molecule has 0 bridgehead atoms. The van der Waals surface area contributed by atoms with Gasteiger partial charge in [-0.2, -0.15) is 0 Å². The van der Waals surface area contributed by atoms with E-state index in [1.165, 1.54) is 0 Å². The SMILES string of the molecule is CCOC1CC(Nc2ccc(NS(C)(=O)=O)cc2)C1(C)C. The monoisotopic (exact) mass is 312 g/mol. The molecule has 5 nitrogen and oxygen atoms in total. The van der Waals surface area contributed by atoms with E-state index in [0.29, 0.717) is 17.8 Å². The Morgan fingerprint density at radius 2 is 1.81 bits per heavy atom. The first-order valence-electron chi connectivity index (χ1n) is 7.18. The molecule has 0 spiro atoms. The van der Waals surface area contributed by atoms with Gasteiger partial charge >= 0.3 is 0 Å². The van der Waals surface area contributed by atoms with E-state index < -0.39 is 10.0 Å². The minimum atomic E-state index is -3.23. The van der Waals surface area contributed by atoms with Crippen molar-refractivity contribution in [3.63, 3.8) is 0 Å². The fourth-order valence-electron chi connectivity index (χ4n) is 2.66. The van der Waals surface area contributed by atoms with Gasteiger partial charge in [0.2, 0.25) is 10.0 Å². The number of rotatable bonds is 6. The highest BCUT2D eigenvalue weighted by molar-refractivity contribution is 7.92. The smallest absolute Gasteiger partial charge is 0.229 e. The third kappa shape index (κ3) is 3.89. The first-order chi connectivity index (χ1) is 9.72. The summed E-state index contributed by atoms with van der Waals surface area (Å²) in [6.45, 7) is 7.17. The van der Waals surface area contributed by atoms with E-state index in [2.05, 4.69) is 23.9 Å². The lowest BCUT2D eigenvalue weighted by Crippen LogP contribution is -2.58. The van der Waals surface area contributed by atoms with E-state index in [9.17, 15) is 8.42 Å². The van der Waals surface area contributed by atoms with Crippen LogP contribution >= 0.6 is 0 Å². The van der Waals surface area contributed by atoms with Gasteiger partial charge in [-0.25, -0.2) is 8.42 Å². The summed E-state index contributed by atoms with van der Waals surface area (Å²) in [7, 11) is -3.23. The van der Waals surface area contributed by atoms with Crippen LogP contribution in [-0.4, -0.2) is 33.4 Å². The summed E-state index contributed by atoms with van der Waals surface area (Å²) in [4.78, 5) is 0. The molecule has 0 amide bonds. The zero-order chi connectivity index (χ0) is 15.7. The first kappa shape index (κ1) is 16.1. The minimum Gasteiger partial charge on any atom is -0.382 e. The van der Waals surface area contributed by atoms with Gasteiger partial charge in [-0.15, -0.1) is 0 Å². The summed E-state index contributed by atoms with van der Waals surface area (Å²) in [6, 6.07) is 7.65. The van der Waals surface area contributed by atoms with Gasteiger partial charge in [-0.1, -0.05) is 13.8 Å². The molecule has 2 N–H and O–H groups in total. The van der Waals surface area contributed by atoms with Crippen LogP contribution in [0.3, 0.4) is 0 Å². The van der Waals surface area contributed by atoms with E-state index in [1.807, 2.05) is 19.1 Å². The first-order valence-corrected chi connectivity index (χ1v) is 9.07. The van der Waals surface area contributed by atoms with Crippen LogP contribution in [0.15, 0.2) is 24.3 Å². The van der Waals surface area contributed by atoms with E-state index in [-0.39, 0.29) is 5.41 Å². The Kier molecular flexibility index (Phi) is 4.49. The van der Waals surface area contributed by atoms with Gasteiger partial charge in [0, 0.05) is 29.4 Å². The fraction of sp³-hybridized carbons (Fsp3) is 0.600. The second kappa shape index (κ2) is 5.85. The maximum atomic E-state index is 11.2. The summed E-state index contributed by atoms with van der Waals surface area (Å²) < 4.78 is 30.5. The predicted molar refractivity (Wildman–Crippen MR) is 86.1 cm³/mol. The van der Waals surface area contributed by atoms with Crippen molar-refractivity contribution in [2.75, 3.05) is 22.9 Å². The highest BCUT2D eigenvalue weighted by Crippen LogP contribution is 2.44. The largest absolute Gasteiger partial charge is 0.382 e. The summed E-state index contributed by atoms with van der Waals surface area (Å²) in [5.74, 6) is 0. The van der Waals surface area contributed by atoms with Crippen molar-refractivity contribution in [1.29, 1.82) is 0 Å². The Morgan fingerprint density at radius 1 is 1.24 bits per heavy atom. The number of ether oxygens (including phenoxy) is 1. The Bertz CT molecular complexity index is 581. The molecule has 0 heterocycles. The molecule has 1 aliphatic rings. The molecule has 0 saturated heterocycles. The van der Waals surface area contributed by atoms with Gasteiger partial charge in [-0.05, 0) is 37.6 Å². The van der Waals surface area contributed by atoms with E-state index in [1.54, 1.807) is 12.1 Å². The number of hydrogen-bond donors (Lipinski definition) is 2. The lowest BCUT2D eigenvalue weighted by atomic mass is 9.64. The van der Waals surface area contributed by atoms with Gasteiger partial charge in [-0.3, -0.25) is 4.72 Å². The lowest BCUT2D eigenvalue weighted by molar-refractivity contribution is -0.0975. The Hall–Kier alpha value is -1.27. The van der Waals surface area contributed by atoms with Crippen molar-refractivity contribution in [3.8, 4) is 0 Å². The molecule has 1 saturated carbocycles. The quantitative estimate of drug-likeness (QED) is 0.847. The third-order valence-corrected chi connectivity index (χ3v) is 4.68. The average Bonchev–Trinajstić information content (AvgIpc) is 2.38. The highest BCUT2D eigenvalue weighted by Gasteiger charge is 2.48. The van der Waals surface area contributed by atoms with Crippen LogP contribution in [0.25, 0.3) is 0 Å². The van der Waals surface area contributed by atoms with Crippen molar-refractivity contribution in [3.05, 3.63) is 24.3 Å². The summed E-state index contributed by atoms with van der Waals surface area (Å²) in [5.41, 5.74) is 1.66. The molecule has 0 aromatic heterocycles. The summed E-state index contributed by atoms with van der Waals surface area (Å²) >= 11 is 0. The maximum Gasteiger partial charge on any atom is 0.229 e. The van der Waals surface area contributed by atoms with Gasteiger partial charge < -0.3 is 10.1 Å². The van der Waals surface area contributed by atoms with E-state index in [4.69, 9.17) is 4.74 Å². The zero-order valence-corrected chi connectivity index (χ0v) is 13.8. The molecule has 2 atom stereocenters. The Labute approximate surface area is 127 Å². The fourth-order valence-corrected chi connectivity index (χ4v) is 3.23. The number of sulfonamides is 1. The molecular formula is C15H24N2O3S. The van der Waals surface area contributed by atoms with Gasteiger partial charge in [0.1, 0.15) is 0 Å². The maximum absolute atomic E-state index is 11.2. The lowest BCUT2D eigenvalue weighted by Gasteiger charge is -2.52. The topological polar surface area (TPSA) is 67.4 Å². The molecule has 1 aromatic carbocycles. The number of anilines is 2. The second-order valence-corrected chi connectivity index (χ2v) is 7.90. The van der Waals surface area contributed by atoms with E-state index >= 15 is 0 Å². The molecule has 0 aliphatic heterocycles. The van der Waals surface area contributed by atoms with Crippen LogP contribution < -0.4 is 10.0 Å². The summed E-state index contributed by atoms with van der Waals surface area (Å²) in [5, 5.41) is 3.49. The van der Waals surface area contributed by atoms with Gasteiger partial charge in [0.05, 0.1) is 12.4 Å². The Morgan fingerprint density at radius 3 is 2.29 bits per heavy atom. The van der Waals surface area contributed by atoms with Crippen LogP contribution in [0, 0.1) is 5.41 Å². The van der Waals surface area contributed by atoms with Crippen molar-refractivity contribution < 1.29 is 13.2 Å². The van der Waals surface area contributed by atoms with Crippen molar-refractivity contribution in [2.45, 2.75) is 39.3 Å². The van der Waals surface area contributed by atoms with Gasteiger partial charge in [0.25, 0.3) is 0 Å². The Balaban J connectivity index is 1.96. The van der Waals surface area contributed by atoms with Crippen molar-refractivity contribution >= 4 is 21.4 Å². The van der Waals surface area contributed by atoms with Crippen LogP contribution in [0.5, 0.6) is 0 Å². The predicted octanol–water partition coefficient (Wildman–Crippen LogP) is 2.67. The van der Waals surface area contributed by atoms with Crippen molar-refractivity contribution in [1.82, 2.24) is 0 Å². The van der Waals surface area contributed by atoms with Crippen LogP contribution in [-0.2, 0) is 14.8 Å². The molecule has 21 heavy (non-hydrogen) atoms. The van der Waals surface area contributed by atoms with Crippen LogP contribution in [0.2, 0.25) is 0 Å². The average molecular weight is 312 g/mol. The molecule has 1 aromatic rings. The summed E-state index contributed by atoms with van der Waals surface area (Å²) in [6.07, 6.45) is 2.43. The molecule has 6 heteroatoms. The molecule has 1 fully saturated rings. The molecule has 118 valence electrons. The zero-order valence-electron chi connectivity index (χ0n) is 13.0. The number of nitrogens with one attached hydrogen (secondary N) is 2. The minimum absolute atomic E-state index is 0.0969. The molecule has 1 aliphatic carbocycles. The second-order valence-electron chi connectivity index (χ2n) is 6.15. The highest BCUT2D eigenvalue weighted by atomic mass is 32.2. The van der Waals surface area contributed by atoms with Gasteiger partial charge in [0.15, 0.2) is 0 Å². The van der Waals surface area contributed by atoms with Crippen LogP contribution in [0.1, 0.15) is 27.2 Å². The third-order valence-electron chi connectivity index (χ3n) is 4.07. The molecule has 0 radical (unpaired) electrons. The molecule has 2 unspecified atom stereocenters.